The van der Waals surface area contributed by atoms with Gasteiger partial charge in [-0.25, -0.2) is 4.79 Å². The van der Waals surface area contributed by atoms with Gasteiger partial charge in [-0.05, 0) is 56.7 Å². The van der Waals surface area contributed by atoms with Gasteiger partial charge in [-0.2, -0.15) is 0 Å². The number of aromatic amines is 1. The summed E-state index contributed by atoms with van der Waals surface area (Å²) in [6, 6.07) is 15.4. The van der Waals surface area contributed by atoms with E-state index in [9.17, 15) is 19.2 Å². The molecule has 10 heteroatoms. The van der Waals surface area contributed by atoms with Crippen molar-refractivity contribution in [1.29, 1.82) is 0 Å². The van der Waals surface area contributed by atoms with E-state index >= 15 is 0 Å². The molecule has 0 spiro atoms. The molecule has 0 bridgehead atoms. The number of primary amides is 1. The number of carbonyl (C=O) groups excluding carboxylic acids is 3. The average molecular weight is 579 g/mol. The molecule has 4 rings (SSSR count). The fourth-order valence-electron chi connectivity index (χ4n) is 4.70. The number of amides is 3. The van der Waals surface area contributed by atoms with Crippen LogP contribution in [0.15, 0.2) is 59.4 Å². The van der Waals surface area contributed by atoms with Crippen LogP contribution in [0.1, 0.15) is 54.4 Å². The maximum Gasteiger partial charge on any atom is 0.408 e. The number of hydrogen-bond donors (Lipinski definition) is 3. The predicted octanol–water partition coefficient (Wildman–Crippen LogP) is 4.61. The molecule has 1 unspecified atom stereocenters. The standard InChI is InChI=1S/C16H29N3O4.C16H13NO2/c1-15(2,3)11(18-14(22)23-16(4,5)6)13(21)19-9-7-8-10(19)12(17)20;1-19-12-7-8-13-15(9-12)17-14(10-16(13)18)11-5-3-2-4-6-11/h10-11H,7-9H2,1-6H3,(H2,17,20)(H,18,22);2-10H,1H3,(H,17,18)/t10?,11-;/m1./s1. The SMILES string of the molecule is CC(C)(C)OC(=O)N[C@H](C(=O)N1CCCC1C(N)=O)C(C)(C)C.COc1ccc2c(=O)cc(-c3ccccc3)[nH]c2c1. The van der Waals surface area contributed by atoms with Gasteiger partial charge >= 0.3 is 6.09 Å². The molecule has 226 valence electrons. The van der Waals surface area contributed by atoms with Crippen molar-refractivity contribution in [2.24, 2.45) is 11.1 Å². The second-order valence-corrected chi connectivity index (χ2v) is 12.4. The molecular formula is C32H42N4O6. The van der Waals surface area contributed by atoms with Crippen molar-refractivity contribution in [2.75, 3.05) is 13.7 Å². The first kappa shape index (κ1) is 32.2. The number of pyridine rings is 1. The van der Waals surface area contributed by atoms with Crippen LogP contribution in [0.5, 0.6) is 5.75 Å². The summed E-state index contributed by atoms with van der Waals surface area (Å²) in [5.41, 5.74) is 6.79. The molecule has 2 atom stereocenters. The summed E-state index contributed by atoms with van der Waals surface area (Å²) in [7, 11) is 1.61. The number of nitrogens with one attached hydrogen (secondary N) is 2. The van der Waals surface area contributed by atoms with Gasteiger partial charge in [-0.15, -0.1) is 0 Å². The zero-order chi connectivity index (χ0) is 31.2. The van der Waals surface area contributed by atoms with Crippen molar-refractivity contribution in [1.82, 2.24) is 15.2 Å². The van der Waals surface area contributed by atoms with Crippen molar-refractivity contribution < 1.29 is 23.9 Å². The molecule has 1 aliphatic rings. The Bertz CT molecular complexity index is 1470. The highest BCUT2D eigenvalue weighted by molar-refractivity contribution is 5.91. The van der Waals surface area contributed by atoms with Crippen molar-refractivity contribution >= 4 is 28.8 Å². The van der Waals surface area contributed by atoms with Crippen molar-refractivity contribution in [3.8, 4) is 17.0 Å². The molecule has 0 radical (unpaired) electrons. The van der Waals surface area contributed by atoms with Crippen LogP contribution >= 0.6 is 0 Å². The highest BCUT2D eigenvalue weighted by Crippen LogP contribution is 2.26. The number of H-pyrrole nitrogens is 1. The van der Waals surface area contributed by atoms with E-state index in [1.165, 1.54) is 4.90 Å². The lowest BCUT2D eigenvalue weighted by molar-refractivity contribution is -0.141. The van der Waals surface area contributed by atoms with Gasteiger partial charge < -0.3 is 30.4 Å². The highest BCUT2D eigenvalue weighted by atomic mass is 16.6. The number of rotatable bonds is 5. The average Bonchev–Trinajstić information content (AvgIpc) is 3.41. The Morgan fingerprint density at radius 2 is 1.69 bits per heavy atom. The minimum Gasteiger partial charge on any atom is -0.497 e. The molecule has 1 aromatic heterocycles. The maximum atomic E-state index is 12.9. The van der Waals surface area contributed by atoms with Crippen molar-refractivity contribution in [2.45, 2.75) is 72.1 Å². The number of hydrogen-bond acceptors (Lipinski definition) is 6. The molecule has 3 amide bonds. The number of aromatic nitrogens is 1. The summed E-state index contributed by atoms with van der Waals surface area (Å²) < 4.78 is 10.4. The summed E-state index contributed by atoms with van der Waals surface area (Å²) in [6.07, 6.45) is 0.633. The Kier molecular flexibility index (Phi) is 10.0. The van der Waals surface area contributed by atoms with Crippen LogP contribution in [0, 0.1) is 5.41 Å². The van der Waals surface area contributed by atoms with Gasteiger partial charge in [0, 0.05) is 29.8 Å². The van der Waals surface area contributed by atoms with E-state index in [4.69, 9.17) is 15.2 Å². The van der Waals surface area contributed by atoms with Gasteiger partial charge in [0.2, 0.25) is 11.8 Å². The summed E-state index contributed by atoms with van der Waals surface area (Å²) >= 11 is 0. The molecule has 42 heavy (non-hydrogen) atoms. The van der Waals surface area contributed by atoms with Gasteiger partial charge in [-0.3, -0.25) is 14.4 Å². The van der Waals surface area contributed by atoms with E-state index in [-0.39, 0.29) is 11.3 Å². The molecule has 1 aliphatic heterocycles. The lowest BCUT2D eigenvalue weighted by atomic mass is 9.85. The zero-order valence-corrected chi connectivity index (χ0v) is 25.4. The van der Waals surface area contributed by atoms with E-state index in [0.717, 1.165) is 28.9 Å². The number of nitrogens with zero attached hydrogens (tertiary/aromatic N) is 1. The van der Waals surface area contributed by atoms with Gasteiger partial charge in [0.25, 0.3) is 0 Å². The normalized spacial score (nSPS) is 15.8. The Morgan fingerprint density at radius 3 is 2.26 bits per heavy atom. The van der Waals surface area contributed by atoms with E-state index < -0.39 is 35.1 Å². The van der Waals surface area contributed by atoms with Gasteiger partial charge in [0.15, 0.2) is 5.43 Å². The Labute approximate surface area is 246 Å². The second kappa shape index (κ2) is 13.1. The molecule has 2 heterocycles. The van der Waals surface area contributed by atoms with Gasteiger partial charge in [-0.1, -0.05) is 51.1 Å². The summed E-state index contributed by atoms with van der Waals surface area (Å²) in [5, 5.41) is 3.31. The topological polar surface area (TPSA) is 144 Å². The van der Waals surface area contributed by atoms with Crippen LogP contribution < -0.4 is 21.2 Å². The van der Waals surface area contributed by atoms with Crippen molar-refractivity contribution in [3.63, 3.8) is 0 Å². The zero-order valence-electron chi connectivity index (χ0n) is 25.4. The van der Waals surface area contributed by atoms with Crippen LogP contribution in [0.3, 0.4) is 0 Å². The minimum absolute atomic E-state index is 0.00950. The third-order valence-corrected chi connectivity index (χ3v) is 6.76. The first-order valence-corrected chi connectivity index (χ1v) is 14.0. The first-order chi connectivity index (χ1) is 19.6. The number of ether oxygens (including phenoxy) is 2. The smallest absolute Gasteiger partial charge is 0.408 e. The molecule has 1 fully saturated rings. The number of benzene rings is 2. The third-order valence-electron chi connectivity index (χ3n) is 6.76. The van der Waals surface area contributed by atoms with E-state index in [2.05, 4.69) is 10.3 Å². The predicted molar refractivity (Wildman–Crippen MR) is 163 cm³/mol. The molecular weight excluding hydrogens is 536 g/mol. The quantitative estimate of drug-likeness (QED) is 0.404. The van der Waals surface area contributed by atoms with Crippen molar-refractivity contribution in [3.05, 3.63) is 64.8 Å². The molecule has 0 aliphatic carbocycles. The molecule has 0 saturated carbocycles. The van der Waals surface area contributed by atoms with Crippen LogP contribution in [-0.2, 0) is 14.3 Å². The third kappa shape index (κ3) is 8.34. The van der Waals surface area contributed by atoms with Crippen LogP contribution in [0.2, 0.25) is 0 Å². The Morgan fingerprint density at radius 1 is 1.02 bits per heavy atom. The lowest BCUT2D eigenvalue weighted by Crippen LogP contribution is -2.57. The number of methoxy groups -OCH3 is 1. The summed E-state index contributed by atoms with van der Waals surface area (Å²) in [6.45, 7) is 11.3. The minimum atomic E-state index is -0.794. The fourth-order valence-corrected chi connectivity index (χ4v) is 4.70. The molecule has 2 aromatic carbocycles. The molecule has 1 saturated heterocycles. The number of nitrogens with two attached hydrogens (primary N) is 1. The highest BCUT2D eigenvalue weighted by Gasteiger charge is 2.41. The second-order valence-electron chi connectivity index (χ2n) is 12.4. The lowest BCUT2D eigenvalue weighted by Gasteiger charge is -2.35. The molecule has 4 N–H and O–H groups in total. The van der Waals surface area contributed by atoms with Gasteiger partial charge in [0.1, 0.15) is 23.4 Å². The largest absolute Gasteiger partial charge is 0.497 e. The summed E-state index contributed by atoms with van der Waals surface area (Å²) in [4.78, 5) is 53.3. The van der Waals surface area contributed by atoms with Crippen LogP contribution in [-0.4, -0.2) is 59.1 Å². The Balaban J connectivity index is 0.000000234. The van der Waals surface area contributed by atoms with E-state index in [1.807, 2.05) is 57.2 Å². The first-order valence-electron chi connectivity index (χ1n) is 14.0. The monoisotopic (exact) mass is 578 g/mol. The number of fused-ring (bicyclic) bond motifs is 1. The fraction of sp³-hybridized carbons (Fsp3) is 0.438. The number of likely N-dealkylation sites (tertiary alicyclic amines) is 1. The van der Waals surface area contributed by atoms with Crippen LogP contribution in [0.25, 0.3) is 22.2 Å². The van der Waals surface area contributed by atoms with Gasteiger partial charge in [0.05, 0.1) is 12.6 Å². The maximum absolute atomic E-state index is 12.9. The molecule has 3 aromatic rings. The van der Waals surface area contributed by atoms with E-state index in [1.54, 1.807) is 46.1 Å². The number of alkyl carbamates (subject to hydrolysis) is 1. The van der Waals surface area contributed by atoms with E-state index in [0.29, 0.717) is 18.4 Å². The molecule has 10 nitrogen and oxygen atoms in total. The summed E-state index contributed by atoms with van der Waals surface area (Å²) in [5.74, 6) is -0.0844. The number of carbonyl (C=O) groups is 3. The van der Waals surface area contributed by atoms with Crippen LogP contribution in [0.4, 0.5) is 4.79 Å². The Hall–Kier alpha value is -4.34.